The fourth-order valence-corrected chi connectivity index (χ4v) is 3.08. The van der Waals surface area contributed by atoms with Crippen LogP contribution in [0.1, 0.15) is 23.3 Å². The number of amides is 3. The molecular formula is C10H11N5O8S. The van der Waals surface area contributed by atoms with E-state index in [1.165, 1.54) is 0 Å². The summed E-state index contributed by atoms with van der Waals surface area (Å²) in [6.45, 7) is -0.147. The number of esters is 1. The first-order chi connectivity index (χ1) is 11.1. The number of carbonyl (C=O) groups is 3. The maximum absolute atomic E-state index is 12.3. The van der Waals surface area contributed by atoms with Crippen molar-refractivity contribution in [3.8, 4) is 0 Å². The second kappa shape index (κ2) is 5.15. The standard InChI is InChI=1S/C10H11N5O8S/c1-22-8(16)7-6-4(2-14(12-6)9(11)17)5-3-13(7)10(18)15(5)23-24(19,20)21/h2,5,7H,3H2,1H3,(H2,11,17)(H,19,20,21)/t5-,7+/m1/s1. The monoisotopic (exact) mass is 361 g/mol. The summed E-state index contributed by atoms with van der Waals surface area (Å²) in [5, 5.41) is 4.24. The molecule has 0 spiro atoms. The fourth-order valence-electron chi connectivity index (χ4n) is 2.71. The van der Waals surface area contributed by atoms with Crippen molar-refractivity contribution in [3.05, 3.63) is 17.5 Å². The lowest BCUT2D eigenvalue weighted by molar-refractivity contribution is -0.146. The summed E-state index contributed by atoms with van der Waals surface area (Å²) in [5.74, 6) is -0.855. The molecule has 3 heterocycles. The number of nitrogens with zero attached hydrogens (tertiary/aromatic N) is 4. The van der Waals surface area contributed by atoms with Gasteiger partial charge in [-0.05, 0) is 0 Å². The van der Waals surface area contributed by atoms with E-state index in [1.807, 2.05) is 0 Å². The topological polar surface area (TPSA) is 174 Å². The van der Waals surface area contributed by atoms with E-state index in [0.29, 0.717) is 5.06 Å². The molecular weight excluding hydrogens is 350 g/mol. The van der Waals surface area contributed by atoms with E-state index in [0.717, 1.165) is 22.9 Å². The van der Waals surface area contributed by atoms with E-state index in [9.17, 15) is 22.8 Å². The van der Waals surface area contributed by atoms with Gasteiger partial charge in [-0.15, -0.1) is 4.28 Å². The van der Waals surface area contributed by atoms with Gasteiger partial charge in [0.25, 0.3) is 0 Å². The summed E-state index contributed by atoms with van der Waals surface area (Å²) < 4.78 is 40.4. The van der Waals surface area contributed by atoms with Crippen LogP contribution in [0.3, 0.4) is 0 Å². The number of primary amides is 1. The molecule has 0 aliphatic carbocycles. The molecule has 1 aromatic rings. The van der Waals surface area contributed by atoms with Crippen molar-refractivity contribution in [2.24, 2.45) is 5.73 Å². The average Bonchev–Trinajstić information content (AvgIpc) is 3.03. The van der Waals surface area contributed by atoms with Crippen molar-refractivity contribution in [1.82, 2.24) is 19.7 Å². The molecule has 3 N–H and O–H groups in total. The Bertz CT molecular complexity index is 847. The second-order valence-electron chi connectivity index (χ2n) is 4.96. The summed E-state index contributed by atoms with van der Waals surface area (Å²) in [6, 6.07) is -4.28. The lowest BCUT2D eigenvalue weighted by Crippen LogP contribution is -2.39. The van der Waals surface area contributed by atoms with Crippen molar-refractivity contribution in [3.63, 3.8) is 0 Å². The highest BCUT2D eigenvalue weighted by Crippen LogP contribution is 2.43. The summed E-state index contributed by atoms with van der Waals surface area (Å²) in [7, 11) is -3.90. The van der Waals surface area contributed by atoms with Crippen LogP contribution in [0, 0.1) is 0 Å². The summed E-state index contributed by atoms with van der Waals surface area (Å²) in [5.41, 5.74) is 5.28. The molecule has 0 radical (unpaired) electrons. The molecule has 2 atom stereocenters. The normalized spacial score (nSPS) is 22.5. The number of nitrogens with two attached hydrogens (primary N) is 1. The van der Waals surface area contributed by atoms with E-state index in [4.69, 9.17) is 10.3 Å². The largest absolute Gasteiger partial charge is 0.467 e. The van der Waals surface area contributed by atoms with Gasteiger partial charge in [-0.1, -0.05) is 0 Å². The number of hydrogen-bond donors (Lipinski definition) is 2. The third-order valence-electron chi connectivity index (χ3n) is 3.61. The van der Waals surface area contributed by atoms with Crippen LogP contribution in [0.4, 0.5) is 9.59 Å². The van der Waals surface area contributed by atoms with Crippen molar-refractivity contribution < 1.29 is 36.4 Å². The van der Waals surface area contributed by atoms with Crippen LogP contribution in [0.5, 0.6) is 0 Å². The number of rotatable bonds is 3. The van der Waals surface area contributed by atoms with Crippen LogP contribution in [0.2, 0.25) is 0 Å². The maximum Gasteiger partial charge on any atom is 0.418 e. The zero-order chi connectivity index (χ0) is 17.8. The van der Waals surface area contributed by atoms with Crippen LogP contribution in [-0.2, 0) is 24.2 Å². The van der Waals surface area contributed by atoms with Crippen molar-refractivity contribution in [2.75, 3.05) is 13.7 Å². The van der Waals surface area contributed by atoms with Crippen LogP contribution in [0.15, 0.2) is 6.20 Å². The van der Waals surface area contributed by atoms with Crippen molar-refractivity contribution >= 4 is 28.4 Å². The SMILES string of the molecule is COC(=O)[C@@H]1c2nn(C(N)=O)cc2[C@H]2CN1C(=O)N2OS(=O)(=O)O. The Labute approximate surface area is 134 Å². The molecule has 1 aromatic heterocycles. The van der Waals surface area contributed by atoms with E-state index >= 15 is 0 Å². The average molecular weight is 361 g/mol. The van der Waals surface area contributed by atoms with Gasteiger partial charge in [-0.2, -0.15) is 23.3 Å². The highest BCUT2D eigenvalue weighted by atomic mass is 32.3. The number of urea groups is 1. The van der Waals surface area contributed by atoms with Gasteiger partial charge in [0.2, 0.25) is 0 Å². The maximum atomic E-state index is 12.3. The Morgan fingerprint density at radius 2 is 2.12 bits per heavy atom. The first kappa shape index (κ1) is 16.2. The quantitative estimate of drug-likeness (QED) is 0.482. The Morgan fingerprint density at radius 3 is 2.67 bits per heavy atom. The zero-order valence-electron chi connectivity index (χ0n) is 12.0. The van der Waals surface area contributed by atoms with Gasteiger partial charge in [0.05, 0.1) is 13.7 Å². The zero-order valence-corrected chi connectivity index (χ0v) is 12.8. The molecule has 2 bridgehead atoms. The predicted octanol–water partition coefficient (Wildman–Crippen LogP) is -1.45. The minimum absolute atomic E-state index is 0.00770. The third-order valence-corrected chi connectivity index (χ3v) is 3.96. The summed E-state index contributed by atoms with van der Waals surface area (Å²) >= 11 is 0. The Balaban J connectivity index is 2.13. The minimum Gasteiger partial charge on any atom is -0.467 e. The molecule has 1 fully saturated rings. The molecule has 0 saturated carbocycles. The lowest BCUT2D eigenvalue weighted by Gasteiger charge is -2.27. The van der Waals surface area contributed by atoms with Gasteiger partial charge in [0.1, 0.15) is 11.7 Å². The number of hydroxylamine groups is 2. The number of methoxy groups -OCH3 is 1. The fraction of sp³-hybridized carbons (Fsp3) is 0.400. The number of hydrogen-bond acceptors (Lipinski definition) is 8. The molecule has 24 heavy (non-hydrogen) atoms. The van der Waals surface area contributed by atoms with Crippen LogP contribution in [0.25, 0.3) is 0 Å². The molecule has 3 amide bonds. The number of carbonyl (C=O) groups excluding carboxylic acids is 3. The minimum atomic E-state index is -4.99. The van der Waals surface area contributed by atoms with E-state index in [-0.39, 0.29) is 17.8 Å². The third kappa shape index (κ3) is 2.36. The van der Waals surface area contributed by atoms with Gasteiger partial charge < -0.3 is 15.4 Å². The molecule has 130 valence electrons. The lowest BCUT2D eigenvalue weighted by atomic mass is 9.98. The summed E-state index contributed by atoms with van der Waals surface area (Å²) in [6.07, 6.45) is 1.15. The number of fused-ring (bicyclic) bond motifs is 4. The van der Waals surface area contributed by atoms with Crippen molar-refractivity contribution in [2.45, 2.75) is 12.1 Å². The molecule has 2 aliphatic heterocycles. The molecule has 14 heteroatoms. The van der Waals surface area contributed by atoms with Crippen LogP contribution in [-0.4, -0.2) is 64.4 Å². The van der Waals surface area contributed by atoms with Gasteiger partial charge >= 0.3 is 28.4 Å². The highest BCUT2D eigenvalue weighted by Gasteiger charge is 2.54. The van der Waals surface area contributed by atoms with Crippen molar-refractivity contribution in [1.29, 1.82) is 0 Å². The molecule has 0 aromatic carbocycles. The van der Waals surface area contributed by atoms with Gasteiger partial charge in [-0.25, -0.2) is 14.4 Å². The molecule has 2 aliphatic rings. The van der Waals surface area contributed by atoms with Crippen LogP contribution >= 0.6 is 0 Å². The predicted molar refractivity (Wildman–Crippen MR) is 71.3 cm³/mol. The van der Waals surface area contributed by atoms with Gasteiger partial charge in [0, 0.05) is 11.8 Å². The Hall–Kier alpha value is -2.71. The highest BCUT2D eigenvalue weighted by molar-refractivity contribution is 7.80. The summed E-state index contributed by atoms with van der Waals surface area (Å²) in [4.78, 5) is 36.6. The first-order valence-corrected chi connectivity index (χ1v) is 7.74. The molecule has 3 rings (SSSR count). The smallest absolute Gasteiger partial charge is 0.418 e. The molecule has 13 nitrogen and oxygen atoms in total. The molecule has 0 unspecified atom stereocenters. The van der Waals surface area contributed by atoms with E-state index in [2.05, 4.69) is 14.1 Å². The molecule has 1 saturated heterocycles. The first-order valence-electron chi connectivity index (χ1n) is 6.38. The van der Waals surface area contributed by atoms with E-state index < -0.39 is 40.5 Å². The van der Waals surface area contributed by atoms with Crippen LogP contribution < -0.4 is 5.73 Å². The van der Waals surface area contributed by atoms with Gasteiger partial charge in [0.15, 0.2) is 6.04 Å². The Morgan fingerprint density at radius 1 is 1.46 bits per heavy atom. The Kier molecular flexibility index (Phi) is 3.47. The number of ether oxygens (including phenoxy) is 1. The van der Waals surface area contributed by atoms with E-state index in [1.54, 1.807) is 0 Å². The second-order valence-corrected chi connectivity index (χ2v) is 5.96. The number of aromatic nitrogens is 2. The van der Waals surface area contributed by atoms with Gasteiger partial charge in [-0.3, -0.25) is 4.55 Å².